The van der Waals surface area contributed by atoms with Crippen molar-refractivity contribution in [2.45, 2.75) is 71.6 Å². The molecule has 0 aromatic heterocycles. The summed E-state index contributed by atoms with van der Waals surface area (Å²) in [6.45, 7) is 9.26. The van der Waals surface area contributed by atoms with Gasteiger partial charge in [-0.25, -0.2) is 4.79 Å². The zero-order chi connectivity index (χ0) is 20.5. The lowest BCUT2D eigenvalue weighted by Crippen LogP contribution is -2.12. The summed E-state index contributed by atoms with van der Waals surface area (Å²) in [5, 5.41) is 0. The second kappa shape index (κ2) is 16.2. The quantitative estimate of drug-likeness (QED) is 0.189. The summed E-state index contributed by atoms with van der Waals surface area (Å²) in [6, 6.07) is 8.43. The number of unbranched alkanes of at least 4 members (excludes halogenated alkanes) is 6. The van der Waals surface area contributed by atoms with Crippen LogP contribution in [0.15, 0.2) is 36.4 Å². The molecule has 0 spiro atoms. The summed E-state index contributed by atoms with van der Waals surface area (Å²) in [5.74, 6) is 0.529. The number of hydrogen-bond acceptors (Lipinski definition) is 4. The van der Waals surface area contributed by atoms with Crippen molar-refractivity contribution in [1.82, 2.24) is 0 Å². The van der Waals surface area contributed by atoms with Crippen LogP contribution in [0.3, 0.4) is 0 Å². The van der Waals surface area contributed by atoms with E-state index in [1.807, 2.05) is 0 Å². The van der Waals surface area contributed by atoms with E-state index >= 15 is 0 Å². The summed E-state index contributed by atoms with van der Waals surface area (Å²) < 4.78 is 16.1. The third-order valence-corrected chi connectivity index (χ3v) is 4.50. The van der Waals surface area contributed by atoms with E-state index in [2.05, 4.69) is 37.8 Å². The fraction of sp³-hybridized carbons (Fsp3) is 0.625. The minimum Gasteiger partial charge on any atom is -0.494 e. The number of aryl methyl sites for hydroxylation is 1. The summed E-state index contributed by atoms with van der Waals surface area (Å²) >= 11 is 0. The normalized spacial score (nSPS) is 10.6. The van der Waals surface area contributed by atoms with Crippen LogP contribution in [0.2, 0.25) is 0 Å². The summed E-state index contributed by atoms with van der Waals surface area (Å²) in [7, 11) is 0. The van der Waals surface area contributed by atoms with Crippen LogP contribution in [0.25, 0.3) is 0 Å². The second-order valence-electron chi connectivity index (χ2n) is 7.25. The first kappa shape index (κ1) is 24.2. The van der Waals surface area contributed by atoms with Crippen molar-refractivity contribution >= 4 is 5.97 Å². The minimum atomic E-state index is -0.373. The highest BCUT2D eigenvalue weighted by atomic mass is 16.6. The maximum atomic E-state index is 11.2. The van der Waals surface area contributed by atoms with Crippen LogP contribution in [-0.2, 0) is 20.7 Å². The zero-order valence-corrected chi connectivity index (χ0v) is 17.8. The Kier molecular flexibility index (Phi) is 14.0. The van der Waals surface area contributed by atoms with E-state index in [4.69, 9.17) is 14.2 Å². The molecular formula is C24H38O4. The average molecular weight is 391 g/mol. The Labute approximate surface area is 171 Å². The molecule has 0 unspecified atom stereocenters. The third kappa shape index (κ3) is 12.6. The summed E-state index contributed by atoms with van der Waals surface area (Å²) in [4.78, 5) is 11.2. The van der Waals surface area contributed by atoms with Crippen LogP contribution in [0.5, 0.6) is 5.75 Å². The molecule has 4 heteroatoms. The fourth-order valence-corrected chi connectivity index (χ4v) is 2.81. The number of esters is 1. The van der Waals surface area contributed by atoms with Gasteiger partial charge in [-0.05, 0) is 37.5 Å². The van der Waals surface area contributed by atoms with E-state index in [0.717, 1.165) is 18.6 Å². The lowest BCUT2D eigenvalue weighted by atomic mass is 10.0. The van der Waals surface area contributed by atoms with E-state index in [9.17, 15) is 4.79 Å². The lowest BCUT2D eigenvalue weighted by molar-refractivity contribution is -0.140. The van der Waals surface area contributed by atoms with Gasteiger partial charge in [0.2, 0.25) is 0 Å². The molecule has 0 radical (unpaired) electrons. The smallest absolute Gasteiger partial charge is 0.333 e. The van der Waals surface area contributed by atoms with E-state index in [1.54, 1.807) is 6.92 Å². The van der Waals surface area contributed by atoms with Gasteiger partial charge in [0.25, 0.3) is 0 Å². The van der Waals surface area contributed by atoms with Crippen molar-refractivity contribution in [1.29, 1.82) is 0 Å². The molecule has 0 bridgehead atoms. The molecule has 1 aromatic rings. The van der Waals surface area contributed by atoms with E-state index in [0.29, 0.717) is 25.4 Å². The van der Waals surface area contributed by atoms with Crippen molar-refractivity contribution < 1.29 is 19.0 Å². The summed E-state index contributed by atoms with van der Waals surface area (Å²) in [6.07, 6.45) is 11.4. The third-order valence-electron chi connectivity index (χ3n) is 4.50. The first-order valence-electron chi connectivity index (χ1n) is 10.8. The number of hydrogen-bond donors (Lipinski definition) is 0. The fourth-order valence-electron chi connectivity index (χ4n) is 2.81. The molecule has 0 heterocycles. The maximum Gasteiger partial charge on any atom is 0.333 e. The molecule has 0 aliphatic carbocycles. The van der Waals surface area contributed by atoms with Crippen LogP contribution < -0.4 is 4.74 Å². The van der Waals surface area contributed by atoms with Crippen molar-refractivity contribution in [2.75, 3.05) is 26.4 Å². The van der Waals surface area contributed by atoms with Crippen molar-refractivity contribution in [3.63, 3.8) is 0 Å². The Bertz CT molecular complexity index is 536. The average Bonchev–Trinajstić information content (AvgIpc) is 2.70. The highest BCUT2D eigenvalue weighted by Crippen LogP contribution is 2.15. The van der Waals surface area contributed by atoms with Gasteiger partial charge in [-0.2, -0.15) is 0 Å². The van der Waals surface area contributed by atoms with Gasteiger partial charge in [-0.15, -0.1) is 0 Å². The molecule has 0 saturated heterocycles. The monoisotopic (exact) mass is 390 g/mol. The van der Waals surface area contributed by atoms with Gasteiger partial charge in [-0.1, -0.05) is 64.2 Å². The van der Waals surface area contributed by atoms with Gasteiger partial charge < -0.3 is 14.2 Å². The molecule has 0 saturated carbocycles. The molecule has 0 amide bonds. The highest BCUT2D eigenvalue weighted by molar-refractivity contribution is 5.86. The van der Waals surface area contributed by atoms with Crippen LogP contribution in [0, 0.1) is 0 Å². The number of rotatable bonds is 17. The first-order chi connectivity index (χ1) is 13.6. The van der Waals surface area contributed by atoms with Crippen LogP contribution in [-0.4, -0.2) is 32.4 Å². The SMILES string of the molecule is C=C(C)C(=O)OCCOCCCOc1ccc(CCCCCCCCC)cc1. The standard InChI is InChI=1S/C24H38O4/c1-4-5-6-7-8-9-10-12-22-13-15-23(16-14-22)27-18-11-17-26-19-20-28-24(25)21(2)3/h13-16H,2,4-12,17-20H2,1,3H3. The van der Waals surface area contributed by atoms with Crippen LogP contribution in [0.1, 0.15) is 70.8 Å². The van der Waals surface area contributed by atoms with Crippen molar-refractivity contribution in [3.05, 3.63) is 42.0 Å². The predicted octanol–water partition coefficient (Wildman–Crippen LogP) is 5.88. The second-order valence-corrected chi connectivity index (χ2v) is 7.25. The number of carbonyl (C=O) groups is 1. The zero-order valence-electron chi connectivity index (χ0n) is 17.8. The van der Waals surface area contributed by atoms with E-state index in [-0.39, 0.29) is 12.6 Å². The summed E-state index contributed by atoms with van der Waals surface area (Å²) in [5.41, 5.74) is 1.79. The molecule has 1 aromatic carbocycles. The van der Waals surface area contributed by atoms with Crippen LogP contribution >= 0.6 is 0 Å². The Hall–Kier alpha value is -1.81. The topological polar surface area (TPSA) is 44.8 Å². The Morgan fingerprint density at radius 1 is 0.857 bits per heavy atom. The van der Waals surface area contributed by atoms with E-state index < -0.39 is 0 Å². The molecule has 0 N–H and O–H groups in total. The van der Waals surface area contributed by atoms with E-state index in [1.165, 1.54) is 50.5 Å². The molecule has 0 atom stereocenters. The highest BCUT2D eigenvalue weighted by Gasteiger charge is 2.02. The maximum absolute atomic E-state index is 11.2. The Morgan fingerprint density at radius 3 is 2.21 bits per heavy atom. The number of ether oxygens (including phenoxy) is 3. The van der Waals surface area contributed by atoms with Gasteiger partial charge in [0, 0.05) is 18.6 Å². The van der Waals surface area contributed by atoms with Gasteiger partial charge in [-0.3, -0.25) is 0 Å². The predicted molar refractivity (Wildman–Crippen MR) is 115 cm³/mol. The molecule has 28 heavy (non-hydrogen) atoms. The minimum absolute atomic E-state index is 0.257. The van der Waals surface area contributed by atoms with Crippen molar-refractivity contribution in [3.8, 4) is 5.75 Å². The first-order valence-corrected chi connectivity index (χ1v) is 10.8. The number of carbonyl (C=O) groups excluding carboxylic acids is 1. The van der Waals surface area contributed by atoms with Gasteiger partial charge in [0.15, 0.2) is 0 Å². The Balaban J connectivity index is 2.00. The molecule has 4 nitrogen and oxygen atoms in total. The molecule has 158 valence electrons. The molecule has 0 aliphatic heterocycles. The molecule has 1 rings (SSSR count). The molecular weight excluding hydrogens is 352 g/mol. The Morgan fingerprint density at radius 2 is 1.54 bits per heavy atom. The van der Waals surface area contributed by atoms with Gasteiger partial charge in [0.1, 0.15) is 12.4 Å². The van der Waals surface area contributed by atoms with Crippen molar-refractivity contribution in [2.24, 2.45) is 0 Å². The van der Waals surface area contributed by atoms with Crippen LogP contribution in [0.4, 0.5) is 0 Å². The molecule has 0 aliphatic rings. The number of benzene rings is 1. The lowest BCUT2D eigenvalue weighted by Gasteiger charge is -2.08. The van der Waals surface area contributed by atoms with Gasteiger partial charge >= 0.3 is 5.97 Å². The largest absolute Gasteiger partial charge is 0.494 e. The van der Waals surface area contributed by atoms with Gasteiger partial charge in [0.05, 0.1) is 13.2 Å². The molecule has 0 fully saturated rings.